The van der Waals surface area contributed by atoms with Crippen molar-refractivity contribution in [2.75, 3.05) is 19.7 Å². The van der Waals surface area contributed by atoms with E-state index in [1.165, 1.54) is 6.07 Å². The predicted molar refractivity (Wildman–Crippen MR) is 155 cm³/mol. The fraction of sp³-hybridized carbons (Fsp3) is 0.367. The van der Waals surface area contributed by atoms with E-state index in [9.17, 15) is 9.18 Å². The lowest BCUT2D eigenvalue weighted by Crippen LogP contribution is -2.35. The van der Waals surface area contributed by atoms with Gasteiger partial charge in [0, 0.05) is 34.9 Å². The van der Waals surface area contributed by atoms with Crippen LogP contribution in [0, 0.1) is 5.82 Å². The van der Waals surface area contributed by atoms with Crippen molar-refractivity contribution >= 4 is 22.6 Å². The second kappa shape index (κ2) is 11.9. The molecule has 0 amide bonds. The van der Waals surface area contributed by atoms with Gasteiger partial charge in [-0.15, -0.1) is 0 Å². The molecular formula is C30H29ClFN7O4. The Bertz CT molecular complexity index is 1810. The maximum atomic E-state index is 14.2. The third-order valence-electron chi connectivity index (χ3n) is 8.08. The van der Waals surface area contributed by atoms with Gasteiger partial charge in [0.25, 0.3) is 0 Å². The molecule has 2 saturated heterocycles. The molecule has 0 bridgehead atoms. The highest BCUT2D eigenvalue weighted by Gasteiger charge is 2.26. The van der Waals surface area contributed by atoms with E-state index in [1.54, 1.807) is 24.4 Å². The Hall–Kier alpha value is -4.13. The summed E-state index contributed by atoms with van der Waals surface area (Å²) >= 11 is 5.85. The number of rotatable bonds is 9. The molecule has 1 atom stereocenters. The summed E-state index contributed by atoms with van der Waals surface area (Å²) in [6, 6.07) is 12.1. The molecule has 1 N–H and O–H groups in total. The van der Waals surface area contributed by atoms with Crippen LogP contribution in [0.4, 0.5) is 4.39 Å². The van der Waals surface area contributed by atoms with Gasteiger partial charge in [-0.2, -0.15) is 0 Å². The number of aromatic amines is 1. The highest BCUT2D eigenvalue weighted by atomic mass is 35.5. The quantitative estimate of drug-likeness (QED) is 0.254. The number of nitrogens with zero attached hydrogens (tertiary/aromatic N) is 6. The van der Waals surface area contributed by atoms with Gasteiger partial charge in [-0.05, 0) is 56.6 Å². The fourth-order valence-corrected chi connectivity index (χ4v) is 5.77. The Kier molecular flexibility index (Phi) is 7.64. The number of likely N-dealkylation sites (tertiary alicyclic amines) is 1. The van der Waals surface area contributed by atoms with Crippen molar-refractivity contribution in [3.8, 4) is 17.4 Å². The molecular weight excluding hydrogens is 577 g/mol. The molecule has 0 spiro atoms. The van der Waals surface area contributed by atoms with E-state index in [0.29, 0.717) is 41.2 Å². The van der Waals surface area contributed by atoms with Crippen molar-refractivity contribution in [1.82, 2.24) is 34.6 Å². The van der Waals surface area contributed by atoms with E-state index in [0.717, 1.165) is 61.5 Å². The minimum atomic E-state index is -0.628. The average Bonchev–Trinajstić information content (AvgIpc) is 3.57. The Morgan fingerprint density at radius 2 is 1.98 bits per heavy atom. The van der Waals surface area contributed by atoms with Gasteiger partial charge < -0.3 is 14.0 Å². The molecule has 0 unspecified atom stereocenters. The van der Waals surface area contributed by atoms with Crippen LogP contribution in [0.25, 0.3) is 22.6 Å². The molecule has 13 heteroatoms. The summed E-state index contributed by atoms with van der Waals surface area (Å²) in [5.74, 6) is 0.964. The minimum Gasteiger partial charge on any atom is -0.473 e. The van der Waals surface area contributed by atoms with Gasteiger partial charge >= 0.3 is 5.76 Å². The number of aromatic nitrogens is 6. The molecule has 2 aliphatic rings. The van der Waals surface area contributed by atoms with Gasteiger partial charge in [0.05, 0.1) is 36.4 Å². The molecule has 43 heavy (non-hydrogen) atoms. The maximum Gasteiger partial charge on any atom is 0.439 e. The number of imidazole rings is 1. The van der Waals surface area contributed by atoms with Crippen LogP contribution in [0.15, 0.2) is 58.0 Å². The van der Waals surface area contributed by atoms with Gasteiger partial charge in [-0.3, -0.25) is 19.4 Å². The molecule has 1 aromatic carbocycles. The fourth-order valence-electron chi connectivity index (χ4n) is 5.62. The van der Waals surface area contributed by atoms with Crippen molar-refractivity contribution < 1.29 is 18.4 Å². The molecule has 11 nitrogen and oxygen atoms in total. The van der Waals surface area contributed by atoms with Crippen molar-refractivity contribution in [1.29, 1.82) is 0 Å². The van der Waals surface area contributed by atoms with E-state index in [-0.39, 0.29) is 18.5 Å². The van der Waals surface area contributed by atoms with Crippen LogP contribution in [0.5, 0.6) is 5.88 Å². The zero-order valence-corrected chi connectivity index (χ0v) is 24.0. The molecule has 2 aliphatic heterocycles. The Balaban J connectivity index is 1.03. The first-order chi connectivity index (χ1) is 21.0. The lowest BCUT2D eigenvalue weighted by Gasteiger charge is -2.32. The molecule has 7 rings (SSSR count). The van der Waals surface area contributed by atoms with Gasteiger partial charge in [0.1, 0.15) is 23.9 Å². The molecule has 0 saturated carbocycles. The largest absolute Gasteiger partial charge is 0.473 e. The predicted octanol–water partition coefficient (Wildman–Crippen LogP) is 4.71. The SMILES string of the molecule is O=c1[nH]c(-c2cc3nc(CN4CCC(c5cccc(OCc6ccc(Cl)cc6F)n5)CC4)n(C[C@@H]4CCO4)c3cn2)no1. The van der Waals surface area contributed by atoms with Crippen molar-refractivity contribution in [3.63, 3.8) is 0 Å². The number of benzene rings is 1. The smallest absolute Gasteiger partial charge is 0.439 e. The number of ether oxygens (including phenoxy) is 2. The number of pyridine rings is 2. The third kappa shape index (κ3) is 6.03. The topological polar surface area (TPSA) is 124 Å². The second-order valence-electron chi connectivity index (χ2n) is 10.9. The molecule has 0 radical (unpaired) electrons. The van der Waals surface area contributed by atoms with Gasteiger partial charge in [-0.25, -0.2) is 19.2 Å². The summed E-state index contributed by atoms with van der Waals surface area (Å²) in [6.07, 6.45) is 4.82. The van der Waals surface area contributed by atoms with Crippen LogP contribution in [0.1, 0.15) is 42.3 Å². The van der Waals surface area contributed by atoms with Crippen molar-refractivity contribution in [3.05, 3.63) is 87.1 Å². The average molecular weight is 606 g/mol. The summed E-state index contributed by atoms with van der Waals surface area (Å²) in [7, 11) is 0. The molecule has 0 aliphatic carbocycles. The number of hydrogen-bond donors (Lipinski definition) is 1. The summed E-state index contributed by atoms with van der Waals surface area (Å²) in [5.41, 5.74) is 3.59. The van der Waals surface area contributed by atoms with Crippen LogP contribution >= 0.6 is 11.6 Å². The third-order valence-corrected chi connectivity index (χ3v) is 8.32. The van der Waals surface area contributed by atoms with Gasteiger partial charge in [-0.1, -0.05) is 28.9 Å². The van der Waals surface area contributed by atoms with E-state index >= 15 is 0 Å². The lowest BCUT2D eigenvalue weighted by molar-refractivity contribution is -0.0592. The zero-order chi connectivity index (χ0) is 29.3. The zero-order valence-electron chi connectivity index (χ0n) is 23.2. The first-order valence-electron chi connectivity index (χ1n) is 14.3. The van der Waals surface area contributed by atoms with Crippen molar-refractivity contribution in [2.45, 2.75) is 51.0 Å². The highest BCUT2D eigenvalue weighted by Crippen LogP contribution is 2.30. The lowest BCUT2D eigenvalue weighted by atomic mass is 9.93. The number of H-pyrrole nitrogens is 1. The monoisotopic (exact) mass is 605 g/mol. The molecule has 222 valence electrons. The van der Waals surface area contributed by atoms with Crippen LogP contribution in [0.3, 0.4) is 0 Å². The van der Waals surface area contributed by atoms with Crippen LogP contribution < -0.4 is 10.5 Å². The number of hydrogen-bond acceptors (Lipinski definition) is 9. The van der Waals surface area contributed by atoms with Gasteiger partial charge in [0.2, 0.25) is 11.7 Å². The Labute approximate surface area is 250 Å². The number of nitrogens with one attached hydrogen (secondary N) is 1. The maximum absolute atomic E-state index is 14.2. The Morgan fingerprint density at radius 1 is 1.12 bits per heavy atom. The van der Waals surface area contributed by atoms with E-state index < -0.39 is 11.6 Å². The molecule has 6 heterocycles. The van der Waals surface area contributed by atoms with E-state index in [4.69, 9.17) is 31.0 Å². The van der Waals surface area contributed by atoms with Crippen LogP contribution in [-0.2, 0) is 24.4 Å². The minimum absolute atomic E-state index is 0.0817. The number of halogens is 2. The molecule has 4 aromatic heterocycles. The Morgan fingerprint density at radius 3 is 2.72 bits per heavy atom. The van der Waals surface area contributed by atoms with Crippen LogP contribution in [0.2, 0.25) is 5.02 Å². The number of fused-ring (bicyclic) bond motifs is 1. The second-order valence-corrected chi connectivity index (χ2v) is 11.3. The summed E-state index contributed by atoms with van der Waals surface area (Å²) in [5, 5.41) is 4.11. The molecule has 5 aromatic rings. The van der Waals surface area contributed by atoms with Crippen molar-refractivity contribution in [2.24, 2.45) is 0 Å². The number of piperidine rings is 1. The first-order valence-corrected chi connectivity index (χ1v) is 14.7. The van der Waals surface area contributed by atoms with Crippen LogP contribution in [-0.4, -0.2) is 60.4 Å². The summed E-state index contributed by atoms with van der Waals surface area (Å²) in [4.78, 5) is 30.6. The van der Waals surface area contributed by atoms with E-state index in [2.05, 4.69) is 29.1 Å². The van der Waals surface area contributed by atoms with E-state index in [1.807, 2.05) is 18.2 Å². The highest BCUT2D eigenvalue weighted by molar-refractivity contribution is 6.30. The first kappa shape index (κ1) is 27.7. The normalized spacial score (nSPS) is 17.8. The summed E-state index contributed by atoms with van der Waals surface area (Å²) < 4.78 is 32.5. The van der Waals surface area contributed by atoms with Gasteiger partial charge in [0.15, 0.2) is 0 Å². The standard InChI is InChI=1S/C30H29ClFN7O4/c31-20-5-4-19(22(32)12-20)17-42-28-3-1-2-23(35-28)18-6-9-38(10-7-18)16-27-34-24-13-25(29-36-30(40)43-37-29)33-14-26(24)39(27)15-21-8-11-41-21/h1-5,12-14,18,21H,6-11,15-17H2,(H,36,37,40)/t21-/m0/s1. The summed E-state index contributed by atoms with van der Waals surface area (Å²) in [6.45, 7) is 4.04. The molecule has 2 fully saturated rings.